The lowest BCUT2D eigenvalue weighted by molar-refractivity contribution is 0.131. The van der Waals surface area contributed by atoms with Gasteiger partial charge in [0.25, 0.3) is 0 Å². The van der Waals surface area contributed by atoms with E-state index < -0.39 is 6.10 Å². The van der Waals surface area contributed by atoms with Gasteiger partial charge in [-0.3, -0.25) is 0 Å². The molecule has 2 rings (SSSR count). The second kappa shape index (κ2) is 8.24. The minimum Gasteiger partial charge on any atom is -0.508 e. The van der Waals surface area contributed by atoms with E-state index in [0.29, 0.717) is 34.2 Å². The first kappa shape index (κ1) is 18.4. The number of aromatic hydroxyl groups is 1. The van der Waals surface area contributed by atoms with Crippen molar-refractivity contribution in [2.45, 2.75) is 25.6 Å². The van der Waals surface area contributed by atoms with E-state index >= 15 is 0 Å². The summed E-state index contributed by atoms with van der Waals surface area (Å²) in [6.07, 6.45) is -0.809. The van der Waals surface area contributed by atoms with E-state index in [4.69, 9.17) is 21.1 Å². The standard InChI is InChI=1S/C18H22ClNO4/c1-11(20-10-12-8-13(19)4-6-16(12)21)18(22)15-9-14(23-2)5-7-17(15)24-3/h4-9,11,18,20-22H,10H2,1-3H3/t11-,18-/m1/s1. The lowest BCUT2D eigenvalue weighted by atomic mass is 10.0. The molecule has 0 heterocycles. The summed E-state index contributed by atoms with van der Waals surface area (Å²) in [5.74, 6) is 1.39. The zero-order chi connectivity index (χ0) is 17.7. The van der Waals surface area contributed by atoms with Crippen molar-refractivity contribution in [3.8, 4) is 17.2 Å². The van der Waals surface area contributed by atoms with E-state index in [1.165, 1.54) is 0 Å². The van der Waals surface area contributed by atoms with Crippen molar-refractivity contribution < 1.29 is 19.7 Å². The van der Waals surface area contributed by atoms with Gasteiger partial charge in [-0.2, -0.15) is 0 Å². The molecule has 24 heavy (non-hydrogen) atoms. The number of aliphatic hydroxyl groups excluding tert-OH is 1. The summed E-state index contributed by atoms with van der Waals surface area (Å²) in [5, 5.41) is 24.2. The Bertz CT molecular complexity index is 693. The van der Waals surface area contributed by atoms with Crippen LogP contribution in [0.3, 0.4) is 0 Å². The van der Waals surface area contributed by atoms with Gasteiger partial charge in [0.05, 0.1) is 20.3 Å². The third-order valence-corrected chi connectivity index (χ3v) is 4.12. The van der Waals surface area contributed by atoms with E-state index in [1.807, 2.05) is 6.92 Å². The molecule has 0 aromatic heterocycles. The SMILES string of the molecule is COc1ccc(OC)c([C@H](O)[C@@H](C)NCc2cc(Cl)ccc2O)c1. The highest BCUT2D eigenvalue weighted by atomic mass is 35.5. The van der Waals surface area contributed by atoms with E-state index in [1.54, 1.807) is 50.6 Å². The van der Waals surface area contributed by atoms with Crippen LogP contribution in [0, 0.1) is 0 Å². The third-order valence-electron chi connectivity index (χ3n) is 3.89. The highest BCUT2D eigenvalue weighted by Crippen LogP contribution is 2.31. The Morgan fingerprint density at radius 2 is 1.88 bits per heavy atom. The Labute approximate surface area is 146 Å². The van der Waals surface area contributed by atoms with Crippen LogP contribution < -0.4 is 14.8 Å². The van der Waals surface area contributed by atoms with E-state index in [2.05, 4.69) is 5.32 Å². The molecule has 2 atom stereocenters. The predicted molar refractivity (Wildman–Crippen MR) is 93.9 cm³/mol. The highest BCUT2D eigenvalue weighted by molar-refractivity contribution is 6.30. The molecule has 0 saturated carbocycles. The molecule has 0 aliphatic heterocycles. The number of aliphatic hydroxyl groups is 1. The second-order valence-corrected chi connectivity index (χ2v) is 5.93. The fourth-order valence-corrected chi connectivity index (χ4v) is 2.61. The van der Waals surface area contributed by atoms with Crippen molar-refractivity contribution in [2.24, 2.45) is 0 Å². The van der Waals surface area contributed by atoms with Gasteiger partial charge in [0, 0.05) is 28.7 Å². The average molecular weight is 352 g/mol. The molecule has 3 N–H and O–H groups in total. The average Bonchev–Trinajstić information content (AvgIpc) is 2.60. The van der Waals surface area contributed by atoms with Crippen LogP contribution in [-0.4, -0.2) is 30.5 Å². The lowest BCUT2D eigenvalue weighted by Crippen LogP contribution is -2.32. The largest absolute Gasteiger partial charge is 0.508 e. The minimum absolute atomic E-state index is 0.160. The van der Waals surface area contributed by atoms with Crippen LogP contribution in [-0.2, 0) is 6.54 Å². The number of benzene rings is 2. The normalized spacial score (nSPS) is 13.4. The molecule has 0 aliphatic rings. The minimum atomic E-state index is -0.809. The lowest BCUT2D eigenvalue weighted by Gasteiger charge is -2.23. The number of phenols is 1. The molecule has 0 radical (unpaired) electrons. The van der Waals surface area contributed by atoms with Gasteiger partial charge in [0.1, 0.15) is 17.2 Å². The maximum Gasteiger partial charge on any atom is 0.124 e. The topological polar surface area (TPSA) is 71.0 Å². The number of hydrogen-bond donors (Lipinski definition) is 3. The molecule has 130 valence electrons. The number of halogens is 1. The molecule has 0 amide bonds. The van der Waals surface area contributed by atoms with Crippen LogP contribution in [0.25, 0.3) is 0 Å². The van der Waals surface area contributed by atoms with Crippen molar-refractivity contribution in [2.75, 3.05) is 14.2 Å². The Hall–Kier alpha value is -1.95. The quantitative estimate of drug-likeness (QED) is 0.714. The van der Waals surface area contributed by atoms with Crippen molar-refractivity contribution >= 4 is 11.6 Å². The van der Waals surface area contributed by atoms with E-state index in [0.717, 1.165) is 0 Å². The molecule has 2 aromatic rings. The predicted octanol–water partition coefficient (Wildman–Crippen LogP) is 3.27. The molecule has 0 saturated heterocycles. The van der Waals surface area contributed by atoms with Gasteiger partial charge in [0.15, 0.2) is 0 Å². The summed E-state index contributed by atoms with van der Waals surface area (Å²) < 4.78 is 10.5. The van der Waals surface area contributed by atoms with Crippen LogP contribution in [0.5, 0.6) is 17.2 Å². The van der Waals surface area contributed by atoms with Crippen LogP contribution in [0.4, 0.5) is 0 Å². The molecule has 0 aliphatic carbocycles. The van der Waals surface area contributed by atoms with Gasteiger partial charge in [-0.25, -0.2) is 0 Å². The molecular weight excluding hydrogens is 330 g/mol. The first-order valence-electron chi connectivity index (χ1n) is 7.57. The fraction of sp³-hybridized carbons (Fsp3) is 0.333. The molecule has 2 aromatic carbocycles. The zero-order valence-electron chi connectivity index (χ0n) is 13.9. The van der Waals surface area contributed by atoms with Gasteiger partial charge < -0.3 is 25.0 Å². The third kappa shape index (κ3) is 4.32. The monoisotopic (exact) mass is 351 g/mol. The van der Waals surface area contributed by atoms with Gasteiger partial charge in [-0.05, 0) is 43.3 Å². The van der Waals surface area contributed by atoms with Gasteiger partial charge >= 0.3 is 0 Å². The summed E-state index contributed by atoms with van der Waals surface area (Å²) in [5.41, 5.74) is 1.30. The Morgan fingerprint density at radius 1 is 1.12 bits per heavy atom. The summed E-state index contributed by atoms with van der Waals surface area (Å²) in [7, 11) is 3.13. The number of ether oxygens (including phenoxy) is 2. The van der Waals surface area contributed by atoms with Crippen LogP contribution >= 0.6 is 11.6 Å². The number of phenolic OH excluding ortho intramolecular Hbond substituents is 1. The van der Waals surface area contributed by atoms with E-state index in [-0.39, 0.29) is 11.8 Å². The van der Waals surface area contributed by atoms with Gasteiger partial charge in [-0.1, -0.05) is 11.6 Å². The number of rotatable bonds is 7. The maximum absolute atomic E-state index is 10.6. The zero-order valence-corrected chi connectivity index (χ0v) is 14.7. The van der Waals surface area contributed by atoms with Crippen LogP contribution in [0.15, 0.2) is 36.4 Å². The maximum atomic E-state index is 10.6. The van der Waals surface area contributed by atoms with E-state index in [9.17, 15) is 10.2 Å². The number of hydrogen-bond acceptors (Lipinski definition) is 5. The van der Waals surface area contributed by atoms with Gasteiger partial charge in [0.2, 0.25) is 0 Å². The van der Waals surface area contributed by atoms with Crippen molar-refractivity contribution in [1.29, 1.82) is 0 Å². The van der Waals surface area contributed by atoms with Gasteiger partial charge in [-0.15, -0.1) is 0 Å². The molecule has 0 unspecified atom stereocenters. The number of methoxy groups -OCH3 is 2. The molecule has 0 spiro atoms. The highest BCUT2D eigenvalue weighted by Gasteiger charge is 2.21. The first-order valence-corrected chi connectivity index (χ1v) is 7.94. The van der Waals surface area contributed by atoms with Crippen molar-refractivity contribution in [3.63, 3.8) is 0 Å². The van der Waals surface area contributed by atoms with Crippen LogP contribution in [0.2, 0.25) is 5.02 Å². The van der Waals surface area contributed by atoms with Crippen LogP contribution in [0.1, 0.15) is 24.2 Å². The molecule has 6 heteroatoms. The fourth-order valence-electron chi connectivity index (χ4n) is 2.42. The van der Waals surface area contributed by atoms with Crippen molar-refractivity contribution in [3.05, 3.63) is 52.5 Å². The Kier molecular flexibility index (Phi) is 6.31. The first-order chi connectivity index (χ1) is 11.5. The molecular formula is C18H22ClNO4. The number of nitrogens with one attached hydrogen (secondary N) is 1. The summed E-state index contributed by atoms with van der Waals surface area (Å²) in [6, 6.07) is 9.85. The summed E-state index contributed by atoms with van der Waals surface area (Å²) >= 11 is 5.94. The van der Waals surface area contributed by atoms with Crippen molar-refractivity contribution in [1.82, 2.24) is 5.32 Å². The smallest absolute Gasteiger partial charge is 0.124 e. The molecule has 0 fully saturated rings. The summed E-state index contributed by atoms with van der Waals surface area (Å²) in [4.78, 5) is 0. The molecule has 0 bridgehead atoms. The summed E-state index contributed by atoms with van der Waals surface area (Å²) in [6.45, 7) is 2.22. The second-order valence-electron chi connectivity index (χ2n) is 5.50. The Balaban J connectivity index is 2.12. The molecule has 5 nitrogen and oxygen atoms in total. The Morgan fingerprint density at radius 3 is 2.54 bits per heavy atom.